The van der Waals surface area contributed by atoms with Gasteiger partial charge in [-0.15, -0.1) is 0 Å². The highest BCUT2D eigenvalue weighted by molar-refractivity contribution is 5.77. The first-order valence-electron chi connectivity index (χ1n) is 28.5. The monoisotopic (exact) mass is 847 g/mol. The van der Waals surface area contributed by atoms with E-state index in [4.69, 9.17) is 4.74 Å². The Kier molecular flexibility index (Phi) is 50.6. The van der Waals surface area contributed by atoms with Gasteiger partial charge in [0.1, 0.15) is 0 Å². The molecular formula is C57H114O3. The second-order valence-corrected chi connectivity index (χ2v) is 19.9. The lowest BCUT2D eigenvalue weighted by Crippen LogP contribution is -2.42. The topological polar surface area (TPSA) is 46.5 Å². The zero-order valence-electron chi connectivity index (χ0n) is 42.0. The molecule has 0 amide bonds. The van der Waals surface area contributed by atoms with Gasteiger partial charge >= 0.3 is 5.97 Å². The summed E-state index contributed by atoms with van der Waals surface area (Å²) in [5.74, 6) is -0.698. The van der Waals surface area contributed by atoms with Crippen molar-refractivity contribution in [2.45, 2.75) is 354 Å². The van der Waals surface area contributed by atoms with Gasteiger partial charge in [0.15, 0.2) is 5.60 Å². The van der Waals surface area contributed by atoms with E-state index in [0.717, 1.165) is 32.1 Å². The molecule has 0 aromatic carbocycles. The van der Waals surface area contributed by atoms with E-state index in [1.54, 1.807) is 0 Å². The van der Waals surface area contributed by atoms with Crippen molar-refractivity contribution in [2.24, 2.45) is 0 Å². The Bertz CT molecular complexity index is 756. The third kappa shape index (κ3) is 44.1. The highest BCUT2D eigenvalue weighted by atomic mass is 16.5. The minimum Gasteiger partial charge on any atom is -0.479 e. The Morgan fingerprint density at radius 2 is 0.450 bits per heavy atom. The van der Waals surface area contributed by atoms with Crippen molar-refractivity contribution < 1.29 is 14.6 Å². The van der Waals surface area contributed by atoms with E-state index in [-0.39, 0.29) is 0 Å². The van der Waals surface area contributed by atoms with Gasteiger partial charge < -0.3 is 9.84 Å². The first kappa shape index (κ1) is 59.4. The molecule has 0 radical (unpaired) electrons. The van der Waals surface area contributed by atoms with Crippen LogP contribution in [0.5, 0.6) is 0 Å². The van der Waals surface area contributed by atoms with Crippen molar-refractivity contribution in [1.29, 1.82) is 0 Å². The molecule has 0 aromatic rings. The molecule has 0 saturated heterocycles. The van der Waals surface area contributed by atoms with E-state index in [0.29, 0.717) is 19.4 Å². The van der Waals surface area contributed by atoms with Crippen molar-refractivity contribution in [3.8, 4) is 0 Å². The van der Waals surface area contributed by atoms with Crippen LogP contribution in [0, 0.1) is 0 Å². The minimum atomic E-state index is -0.971. The summed E-state index contributed by atoms with van der Waals surface area (Å²) in [6.07, 6.45) is 67.6. The maximum absolute atomic E-state index is 12.9. The van der Waals surface area contributed by atoms with E-state index < -0.39 is 11.6 Å². The standard InChI is InChI=1S/C57H114O3/c1-4-7-10-13-16-19-22-25-28-31-33-36-39-42-45-48-51-54-57(56(58)59,53-50-47-44-41-38-35-32-29-26-23-20-17-14-11-8-5-2)60-55-52-49-46-43-40-37-34-30-27-24-21-18-15-12-9-6-3/h4-55H2,1-3H3,(H,58,59). The van der Waals surface area contributed by atoms with Crippen molar-refractivity contribution >= 4 is 5.97 Å². The number of hydrogen-bond acceptors (Lipinski definition) is 2. The van der Waals surface area contributed by atoms with Gasteiger partial charge in [-0.3, -0.25) is 0 Å². The molecule has 0 fully saturated rings. The third-order valence-corrected chi connectivity index (χ3v) is 13.9. The number of carboxylic acids is 1. The van der Waals surface area contributed by atoms with E-state index >= 15 is 0 Å². The van der Waals surface area contributed by atoms with E-state index in [9.17, 15) is 9.90 Å². The summed E-state index contributed by atoms with van der Waals surface area (Å²) >= 11 is 0. The molecule has 60 heavy (non-hydrogen) atoms. The van der Waals surface area contributed by atoms with Gasteiger partial charge in [0, 0.05) is 6.61 Å². The van der Waals surface area contributed by atoms with E-state index in [1.165, 1.54) is 283 Å². The fourth-order valence-electron chi connectivity index (χ4n) is 9.56. The SMILES string of the molecule is CCCCCCCCCCCCCCCCCCCC(CCCCCCCCCCCCCCCCCC)(OCCCCCCCCCCCCCCCCCC)C(=O)O. The van der Waals surface area contributed by atoms with Crippen LogP contribution in [0.2, 0.25) is 0 Å². The average Bonchev–Trinajstić information content (AvgIpc) is 3.25. The molecule has 1 N–H and O–H groups in total. The van der Waals surface area contributed by atoms with Crippen LogP contribution >= 0.6 is 0 Å². The molecule has 0 aliphatic carbocycles. The summed E-state index contributed by atoms with van der Waals surface area (Å²) in [4.78, 5) is 12.9. The number of hydrogen-bond donors (Lipinski definition) is 1. The Balaban J connectivity index is 4.31. The van der Waals surface area contributed by atoms with Gasteiger partial charge in [0.2, 0.25) is 0 Å². The number of rotatable bonds is 54. The summed E-state index contributed by atoms with van der Waals surface area (Å²) in [6, 6.07) is 0. The van der Waals surface area contributed by atoms with Gasteiger partial charge in [0.05, 0.1) is 0 Å². The molecule has 0 bridgehead atoms. The second-order valence-electron chi connectivity index (χ2n) is 19.9. The highest BCUT2D eigenvalue weighted by Gasteiger charge is 2.38. The number of ether oxygens (including phenoxy) is 1. The van der Waals surface area contributed by atoms with Crippen molar-refractivity contribution in [3.63, 3.8) is 0 Å². The smallest absolute Gasteiger partial charge is 0.335 e. The van der Waals surface area contributed by atoms with Crippen LogP contribution in [0.3, 0.4) is 0 Å². The third-order valence-electron chi connectivity index (χ3n) is 13.9. The second kappa shape index (κ2) is 51.1. The summed E-state index contributed by atoms with van der Waals surface area (Å²) in [6.45, 7) is 7.51. The zero-order chi connectivity index (χ0) is 43.6. The summed E-state index contributed by atoms with van der Waals surface area (Å²) in [5, 5.41) is 10.6. The minimum absolute atomic E-state index is 0.614. The van der Waals surface area contributed by atoms with Crippen LogP contribution in [-0.4, -0.2) is 23.3 Å². The van der Waals surface area contributed by atoms with Gasteiger partial charge in [-0.2, -0.15) is 0 Å². The summed E-state index contributed by atoms with van der Waals surface area (Å²) in [5.41, 5.74) is -0.971. The van der Waals surface area contributed by atoms with Crippen LogP contribution in [0.15, 0.2) is 0 Å². The van der Waals surface area contributed by atoms with Crippen LogP contribution < -0.4 is 0 Å². The van der Waals surface area contributed by atoms with Crippen LogP contribution in [-0.2, 0) is 9.53 Å². The molecule has 0 saturated carbocycles. The predicted molar refractivity (Wildman–Crippen MR) is 269 cm³/mol. The van der Waals surface area contributed by atoms with Gasteiger partial charge in [-0.25, -0.2) is 4.79 Å². The number of aliphatic carboxylic acids is 1. The molecule has 360 valence electrons. The quantitative estimate of drug-likeness (QED) is 0.0620. The molecule has 0 aliphatic heterocycles. The largest absolute Gasteiger partial charge is 0.479 e. The predicted octanol–water partition coefficient (Wildman–Crippen LogP) is 20.8. The molecule has 3 heteroatoms. The Labute approximate surface area is 379 Å². The van der Waals surface area contributed by atoms with Gasteiger partial charge in [-0.1, -0.05) is 316 Å². The Morgan fingerprint density at radius 1 is 0.283 bits per heavy atom. The average molecular weight is 848 g/mol. The Morgan fingerprint density at radius 3 is 0.633 bits per heavy atom. The van der Waals surface area contributed by atoms with Crippen LogP contribution in [0.1, 0.15) is 348 Å². The van der Waals surface area contributed by atoms with Crippen molar-refractivity contribution in [1.82, 2.24) is 0 Å². The molecule has 1 atom stereocenters. The lowest BCUT2D eigenvalue weighted by Gasteiger charge is -2.30. The molecular weight excluding hydrogens is 733 g/mol. The fourth-order valence-corrected chi connectivity index (χ4v) is 9.56. The molecule has 0 rings (SSSR count). The first-order valence-corrected chi connectivity index (χ1v) is 28.5. The van der Waals surface area contributed by atoms with Crippen molar-refractivity contribution in [3.05, 3.63) is 0 Å². The maximum Gasteiger partial charge on any atom is 0.335 e. The number of carboxylic acid groups (broad SMARTS) is 1. The molecule has 0 aromatic heterocycles. The summed E-state index contributed by atoms with van der Waals surface area (Å²) < 4.78 is 6.46. The van der Waals surface area contributed by atoms with Crippen LogP contribution in [0.25, 0.3) is 0 Å². The Hall–Kier alpha value is -0.570. The maximum atomic E-state index is 12.9. The normalized spacial score (nSPS) is 12.7. The first-order chi connectivity index (χ1) is 29.6. The molecule has 0 spiro atoms. The molecule has 0 heterocycles. The molecule has 3 nitrogen and oxygen atoms in total. The molecule has 1 unspecified atom stereocenters. The number of unbranched alkanes of at least 4 members (excludes halogenated alkanes) is 46. The lowest BCUT2D eigenvalue weighted by atomic mass is 9.89. The molecule has 0 aliphatic rings. The van der Waals surface area contributed by atoms with E-state index in [2.05, 4.69) is 20.8 Å². The number of carbonyl (C=O) groups is 1. The fraction of sp³-hybridized carbons (Fsp3) is 0.982. The van der Waals surface area contributed by atoms with Gasteiger partial charge in [0.25, 0.3) is 0 Å². The zero-order valence-corrected chi connectivity index (χ0v) is 42.0. The van der Waals surface area contributed by atoms with E-state index in [1.807, 2.05) is 0 Å². The summed E-state index contributed by atoms with van der Waals surface area (Å²) in [7, 11) is 0. The lowest BCUT2D eigenvalue weighted by molar-refractivity contribution is -0.169. The van der Waals surface area contributed by atoms with Crippen molar-refractivity contribution in [2.75, 3.05) is 6.61 Å². The van der Waals surface area contributed by atoms with Crippen LogP contribution in [0.4, 0.5) is 0 Å². The highest BCUT2D eigenvalue weighted by Crippen LogP contribution is 2.29. The van der Waals surface area contributed by atoms with Gasteiger partial charge in [-0.05, 0) is 32.1 Å².